The third-order valence-electron chi connectivity index (χ3n) is 6.55. The molecule has 2 aliphatic heterocycles. The van der Waals surface area contributed by atoms with Gasteiger partial charge in [-0.1, -0.05) is 62.4 Å². The lowest BCUT2D eigenvalue weighted by Crippen LogP contribution is -2.51. The highest BCUT2D eigenvalue weighted by Crippen LogP contribution is 2.54. The van der Waals surface area contributed by atoms with Crippen molar-refractivity contribution in [1.29, 1.82) is 0 Å². The quantitative estimate of drug-likeness (QED) is 0.597. The molecule has 2 aromatic rings. The van der Waals surface area contributed by atoms with Crippen LogP contribution in [0.3, 0.4) is 0 Å². The van der Waals surface area contributed by atoms with E-state index in [-0.39, 0.29) is 5.41 Å². The Morgan fingerprint density at radius 2 is 1.72 bits per heavy atom. The zero-order valence-electron chi connectivity index (χ0n) is 18.1. The van der Waals surface area contributed by atoms with Gasteiger partial charge in [0.2, 0.25) is 0 Å². The van der Waals surface area contributed by atoms with Crippen LogP contribution in [0.2, 0.25) is 0 Å². The van der Waals surface area contributed by atoms with Gasteiger partial charge in [-0.25, -0.2) is 0 Å². The summed E-state index contributed by atoms with van der Waals surface area (Å²) in [5.74, 6) is 0. The number of ether oxygens (including phenoxy) is 1. The van der Waals surface area contributed by atoms with Gasteiger partial charge in [-0.15, -0.1) is 0 Å². The highest BCUT2D eigenvalue weighted by Gasteiger charge is 2.58. The van der Waals surface area contributed by atoms with Crippen molar-refractivity contribution < 1.29 is 4.74 Å². The first-order chi connectivity index (χ1) is 14.0. The summed E-state index contributed by atoms with van der Waals surface area (Å²) < 4.78 is 6.38. The Morgan fingerprint density at radius 3 is 2.45 bits per heavy atom. The molecule has 29 heavy (non-hydrogen) atoms. The Labute approximate surface area is 175 Å². The van der Waals surface area contributed by atoms with Crippen LogP contribution in [0.25, 0.3) is 6.08 Å². The van der Waals surface area contributed by atoms with Crippen LogP contribution in [0.15, 0.2) is 66.8 Å². The Bertz CT molecular complexity index is 909. The first-order valence-electron chi connectivity index (χ1n) is 10.8. The molecule has 0 spiro atoms. The van der Waals surface area contributed by atoms with Crippen LogP contribution in [0.5, 0.6) is 0 Å². The number of rotatable bonds is 6. The fourth-order valence-electron chi connectivity index (χ4n) is 4.87. The van der Waals surface area contributed by atoms with Gasteiger partial charge in [-0.2, -0.15) is 0 Å². The van der Waals surface area contributed by atoms with Gasteiger partial charge in [0.05, 0.1) is 6.61 Å². The van der Waals surface area contributed by atoms with Gasteiger partial charge in [0.15, 0.2) is 5.72 Å². The van der Waals surface area contributed by atoms with E-state index in [1.165, 1.54) is 22.5 Å². The molecule has 1 unspecified atom stereocenters. The van der Waals surface area contributed by atoms with Crippen molar-refractivity contribution in [2.24, 2.45) is 0 Å². The smallest absolute Gasteiger partial charge is 0.170 e. The minimum atomic E-state index is -0.409. The van der Waals surface area contributed by atoms with Crippen molar-refractivity contribution in [2.45, 2.75) is 38.8 Å². The van der Waals surface area contributed by atoms with Gasteiger partial charge < -0.3 is 14.5 Å². The van der Waals surface area contributed by atoms with E-state index in [9.17, 15) is 0 Å². The molecule has 152 valence electrons. The Morgan fingerprint density at radius 1 is 1.00 bits per heavy atom. The summed E-state index contributed by atoms with van der Waals surface area (Å²) >= 11 is 0. The largest absolute Gasteiger partial charge is 0.372 e. The number of para-hydroxylation sites is 1. The molecule has 4 rings (SSSR count). The Kier molecular flexibility index (Phi) is 5.26. The molecule has 0 aromatic heterocycles. The van der Waals surface area contributed by atoms with Gasteiger partial charge in [-0.3, -0.25) is 0 Å². The molecule has 0 amide bonds. The van der Waals surface area contributed by atoms with Crippen molar-refractivity contribution >= 4 is 17.5 Å². The Hall–Kier alpha value is -2.52. The second-order valence-corrected chi connectivity index (χ2v) is 8.32. The molecule has 2 heterocycles. The maximum absolute atomic E-state index is 6.38. The van der Waals surface area contributed by atoms with Gasteiger partial charge >= 0.3 is 0 Å². The van der Waals surface area contributed by atoms with Gasteiger partial charge in [-0.05, 0) is 49.2 Å². The first-order valence-corrected chi connectivity index (χ1v) is 10.8. The summed E-state index contributed by atoms with van der Waals surface area (Å²) in [4.78, 5) is 4.78. The summed E-state index contributed by atoms with van der Waals surface area (Å²) in [5.41, 5.74) is 4.64. The van der Waals surface area contributed by atoms with Crippen LogP contribution in [0.4, 0.5) is 11.4 Å². The van der Waals surface area contributed by atoms with E-state index in [0.717, 1.165) is 26.2 Å². The molecule has 0 radical (unpaired) electrons. The molecule has 2 aromatic carbocycles. The van der Waals surface area contributed by atoms with Crippen LogP contribution < -0.4 is 9.80 Å². The number of anilines is 2. The van der Waals surface area contributed by atoms with E-state index in [1.54, 1.807) is 0 Å². The van der Waals surface area contributed by atoms with Gasteiger partial charge in [0.1, 0.15) is 0 Å². The van der Waals surface area contributed by atoms with E-state index in [0.29, 0.717) is 0 Å². The molecule has 0 bridgehead atoms. The number of hydrogen-bond acceptors (Lipinski definition) is 3. The van der Waals surface area contributed by atoms with Crippen LogP contribution in [-0.4, -0.2) is 32.0 Å². The lowest BCUT2D eigenvalue weighted by molar-refractivity contribution is -0.000291. The van der Waals surface area contributed by atoms with Crippen LogP contribution >= 0.6 is 0 Å². The maximum atomic E-state index is 6.38. The summed E-state index contributed by atoms with van der Waals surface area (Å²) in [6.45, 7) is 12.7. The third kappa shape index (κ3) is 3.18. The van der Waals surface area contributed by atoms with E-state index in [2.05, 4.69) is 110 Å². The number of nitrogens with zero attached hydrogens (tertiary/aromatic N) is 2. The molecule has 0 aliphatic carbocycles. The predicted octanol–water partition coefficient (Wildman–Crippen LogP) is 5.63. The van der Waals surface area contributed by atoms with Crippen LogP contribution in [0.1, 0.15) is 38.8 Å². The van der Waals surface area contributed by atoms with Gasteiger partial charge in [0.25, 0.3) is 0 Å². The number of fused-ring (bicyclic) bond motifs is 3. The van der Waals surface area contributed by atoms with E-state index in [4.69, 9.17) is 4.74 Å². The van der Waals surface area contributed by atoms with Crippen molar-refractivity contribution in [3.05, 3.63) is 77.9 Å². The topological polar surface area (TPSA) is 15.7 Å². The summed E-state index contributed by atoms with van der Waals surface area (Å²) in [5, 5.41) is 0. The molecule has 1 saturated heterocycles. The highest BCUT2D eigenvalue weighted by atomic mass is 16.5. The summed E-state index contributed by atoms with van der Waals surface area (Å²) in [6, 6.07) is 17.5. The normalized spacial score (nSPS) is 22.4. The lowest BCUT2D eigenvalue weighted by atomic mass is 9.77. The first kappa shape index (κ1) is 19.8. The average molecular weight is 389 g/mol. The van der Waals surface area contributed by atoms with Crippen LogP contribution in [0, 0.1) is 0 Å². The maximum Gasteiger partial charge on any atom is 0.170 e. The fourth-order valence-corrected chi connectivity index (χ4v) is 4.87. The number of benzene rings is 2. The zero-order valence-corrected chi connectivity index (χ0v) is 18.1. The van der Waals surface area contributed by atoms with Crippen molar-refractivity contribution in [3.63, 3.8) is 0 Å². The molecule has 1 fully saturated rings. The molecule has 2 aliphatic rings. The predicted molar refractivity (Wildman–Crippen MR) is 124 cm³/mol. The zero-order chi connectivity index (χ0) is 20.5. The molecular weight excluding hydrogens is 356 g/mol. The van der Waals surface area contributed by atoms with E-state index >= 15 is 0 Å². The average Bonchev–Trinajstić information content (AvgIpc) is 3.25. The SMILES string of the molecule is CCN(CC)c1ccc(C=CC=CC23OCCN2c2ccccc2C3(C)C)cc1. The minimum Gasteiger partial charge on any atom is -0.372 e. The molecule has 3 nitrogen and oxygen atoms in total. The lowest BCUT2D eigenvalue weighted by Gasteiger charge is -2.39. The summed E-state index contributed by atoms with van der Waals surface area (Å²) in [6.07, 6.45) is 8.67. The third-order valence-corrected chi connectivity index (χ3v) is 6.55. The van der Waals surface area contributed by atoms with Crippen molar-refractivity contribution in [1.82, 2.24) is 0 Å². The van der Waals surface area contributed by atoms with Gasteiger partial charge in [0, 0.05) is 36.4 Å². The fraction of sp³-hybridized carbons (Fsp3) is 0.385. The molecule has 3 heteroatoms. The second kappa shape index (κ2) is 7.72. The van der Waals surface area contributed by atoms with E-state index < -0.39 is 5.72 Å². The Balaban J connectivity index is 1.53. The second-order valence-electron chi connectivity index (χ2n) is 8.32. The minimum absolute atomic E-state index is 0.101. The molecular formula is C26H32N2O. The number of hydrogen-bond donors (Lipinski definition) is 0. The van der Waals surface area contributed by atoms with Crippen LogP contribution in [-0.2, 0) is 10.2 Å². The van der Waals surface area contributed by atoms with Crippen molar-refractivity contribution in [3.8, 4) is 0 Å². The number of allylic oxidation sites excluding steroid dienone is 2. The summed E-state index contributed by atoms with van der Waals surface area (Å²) in [7, 11) is 0. The standard InChI is InChI=1S/C26H32N2O/c1-5-27(6-2)22-16-14-21(15-17-22)11-9-10-18-26-25(3,4)23-12-7-8-13-24(23)28(26)19-20-29-26/h7-18H,5-6,19-20H2,1-4H3. The molecule has 1 atom stereocenters. The molecule has 0 N–H and O–H groups in total. The highest BCUT2D eigenvalue weighted by molar-refractivity contribution is 5.68. The molecule has 0 saturated carbocycles. The monoisotopic (exact) mass is 388 g/mol. The van der Waals surface area contributed by atoms with Crippen molar-refractivity contribution in [2.75, 3.05) is 36.0 Å². The van der Waals surface area contributed by atoms with E-state index in [1.807, 2.05) is 0 Å².